The number of carbonyl (C=O) groups excluding carboxylic acids is 1. The van der Waals surface area contributed by atoms with Gasteiger partial charge in [-0.15, -0.1) is 0 Å². The first-order valence-electron chi connectivity index (χ1n) is 8.45. The van der Waals surface area contributed by atoms with Gasteiger partial charge in [-0.2, -0.15) is 0 Å². The molecule has 24 heavy (non-hydrogen) atoms. The van der Waals surface area contributed by atoms with E-state index in [4.69, 9.17) is 4.98 Å². The van der Waals surface area contributed by atoms with Gasteiger partial charge in [-0.1, -0.05) is 18.2 Å². The van der Waals surface area contributed by atoms with Crippen LogP contribution in [-0.2, 0) is 17.6 Å². The Morgan fingerprint density at radius 3 is 2.92 bits per heavy atom. The lowest BCUT2D eigenvalue weighted by atomic mass is 9.89. The second-order valence-corrected chi connectivity index (χ2v) is 6.68. The Kier molecular flexibility index (Phi) is 3.60. The summed E-state index contributed by atoms with van der Waals surface area (Å²) in [7, 11) is 0. The van der Waals surface area contributed by atoms with Crippen LogP contribution in [0.4, 0.5) is 5.69 Å². The van der Waals surface area contributed by atoms with Crippen LogP contribution in [0.5, 0.6) is 0 Å². The Bertz CT molecular complexity index is 926. The number of aryl methyl sites for hydroxylation is 3. The fourth-order valence-corrected chi connectivity index (χ4v) is 3.48. The monoisotopic (exact) mass is 319 g/mol. The number of para-hydroxylation sites is 1. The molecule has 4 rings (SSSR count). The summed E-state index contributed by atoms with van der Waals surface area (Å²) in [6.45, 7) is 4.09. The molecule has 4 nitrogen and oxygen atoms in total. The highest BCUT2D eigenvalue weighted by molar-refractivity contribution is 5.93. The second-order valence-electron chi connectivity index (χ2n) is 6.68. The van der Waals surface area contributed by atoms with E-state index in [9.17, 15) is 4.79 Å². The molecule has 1 aromatic carbocycles. The second kappa shape index (κ2) is 5.78. The van der Waals surface area contributed by atoms with Gasteiger partial charge >= 0.3 is 0 Å². The summed E-state index contributed by atoms with van der Waals surface area (Å²) in [6, 6.07) is 12.1. The van der Waals surface area contributed by atoms with Crippen LogP contribution in [0.1, 0.15) is 28.9 Å². The Hall–Kier alpha value is -2.62. The normalized spacial score (nSPS) is 16.8. The van der Waals surface area contributed by atoms with Gasteiger partial charge in [0.1, 0.15) is 5.65 Å². The highest BCUT2D eigenvalue weighted by atomic mass is 16.1. The first-order valence-corrected chi connectivity index (χ1v) is 8.45. The van der Waals surface area contributed by atoms with Crippen LogP contribution >= 0.6 is 0 Å². The van der Waals surface area contributed by atoms with Crippen LogP contribution in [0, 0.1) is 19.8 Å². The SMILES string of the molecule is Cc1ccn2c3c(nc2c1)CCC(C(=O)Nc1ccccc1C)C3. The fourth-order valence-electron chi connectivity index (χ4n) is 3.48. The summed E-state index contributed by atoms with van der Waals surface area (Å²) in [6.07, 6.45) is 4.53. The van der Waals surface area contributed by atoms with Crippen LogP contribution < -0.4 is 5.32 Å². The van der Waals surface area contributed by atoms with Gasteiger partial charge in [-0.3, -0.25) is 4.79 Å². The third-order valence-corrected chi connectivity index (χ3v) is 4.91. The van der Waals surface area contributed by atoms with Crippen molar-refractivity contribution in [3.8, 4) is 0 Å². The number of rotatable bonds is 2. The fraction of sp³-hybridized carbons (Fsp3) is 0.300. The van der Waals surface area contributed by atoms with E-state index in [0.717, 1.165) is 41.9 Å². The van der Waals surface area contributed by atoms with E-state index >= 15 is 0 Å². The summed E-state index contributed by atoms with van der Waals surface area (Å²) < 4.78 is 2.13. The first kappa shape index (κ1) is 14.9. The van der Waals surface area contributed by atoms with Crippen molar-refractivity contribution in [1.82, 2.24) is 9.38 Å². The average molecular weight is 319 g/mol. The number of hydrogen-bond donors (Lipinski definition) is 1. The summed E-state index contributed by atoms with van der Waals surface area (Å²) >= 11 is 0. The summed E-state index contributed by atoms with van der Waals surface area (Å²) in [5, 5.41) is 3.09. The Morgan fingerprint density at radius 2 is 2.08 bits per heavy atom. The van der Waals surface area contributed by atoms with Gasteiger partial charge in [-0.25, -0.2) is 4.98 Å². The van der Waals surface area contributed by atoms with Crippen molar-refractivity contribution in [2.45, 2.75) is 33.1 Å². The van der Waals surface area contributed by atoms with E-state index < -0.39 is 0 Å². The number of nitrogens with zero attached hydrogens (tertiary/aromatic N) is 2. The van der Waals surface area contributed by atoms with Gasteiger partial charge in [0, 0.05) is 29.9 Å². The molecule has 1 aliphatic carbocycles. The Morgan fingerprint density at radius 1 is 1.25 bits per heavy atom. The molecule has 0 bridgehead atoms. The smallest absolute Gasteiger partial charge is 0.227 e. The van der Waals surface area contributed by atoms with Crippen molar-refractivity contribution in [2.75, 3.05) is 5.32 Å². The number of carbonyl (C=O) groups is 1. The molecular formula is C20H21N3O. The topological polar surface area (TPSA) is 46.4 Å². The molecule has 2 heterocycles. The Labute approximate surface area is 141 Å². The predicted molar refractivity (Wildman–Crippen MR) is 95.3 cm³/mol. The first-order chi connectivity index (χ1) is 11.6. The van der Waals surface area contributed by atoms with Crippen LogP contribution in [0.2, 0.25) is 0 Å². The lowest BCUT2D eigenvalue weighted by Gasteiger charge is -2.21. The van der Waals surface area contributed by atoms with E-state index in [2.05, 4.69) is 35.0 Å². The van der Waals surface area contributed by atoms with E-state index in [1.54, 1.807) is 0 Å². The number of aromatic nitrogens is 2. The minimum Gasteiger partial charge on any atom is -0.326 e. The number of nitrogens with one attached hydrogen (secondary N) is 1. The minimum atomic E-state index is -0.00157. The maximum Gasteiger partial charge on any atom is 0.227 e. The Balaban J connectivity index is 1.58. The van der Waals surface area contributed by atoms with Gasteiger partial charge in [0.05, 0.1) is 5.69 Å². The molecule has 0 aliphatic heterocycles. The average Bonchev–Trinajstić information content (AvgIpc) is 2.93. The molecule has 1 unspecified atom stereocenters. The number of fused-ring (bicyclic) bond motifs is 3. The van der Waals surface area contributed by atoms with Crippen molar-refractivity contribution < 1.29 is 4.79 Å². The third-order valence-electron chi connectivity index (χ3n) is 4.91. The van der Waals surface area contributed by atoms with E-state index in [1.807, 2.05) is 31.2 Å². The number of amides is 1. The maximum atomic E-state index is 12.7. The highest BCUT2D eigenvalue weighted by Crippen LogP contribution is 2.28. The van der Waals surface area contributed by atoms with Crippen molar-refractivity contribution in [3.63, 3.8) is 0 Å². The third kappa shape index (κ3) is 2.58. The highest BCUT2D eigenvalue weighted by Gasteiger charge is 2.28. The molecule has 1 N–H and O–H groups in total. The zero-order valence-electron chi connectivity index (χ0n) is 14.0. The molecule has 1 atom stereocenters. The molecule has 2 aromatic heterocycles. The molecule has 0 spiro atoms. The lowest BCUT2D eigenvalue weighted by Crippen LogP contribution is -2.28. The number of anilines is 1. The van der Waals surface area contributed by atoms with E-state index in [1.165, 1.54) is 11.3 Å². The largest absolute Gasteiger partial charge is 0.326 e. The summed E-state index contributed by atoms with van der Waals surface area (Å²) in [5.74, 6) is 0.107. The minimum absolute atomic E-state index is 0.00157. The zero-order chi connectivity index (χ0) is 16.7. The van der Waals surface area contributed by atoms with Crippen LogP contribution in [0.15, 0.2) is 42.6 Å². The van der Waals surface area contributed by atoms with Crippen molar-refractivity contribution >= 4 is 17.2 Å². The summed E-state index contributed by atoms with van der Waals surface area (Å²) in [5.41, 5.74) is 6.51. The number of benzene rings is 1. The molecule has 3 aromatic rings. The van der Waals surface area contributed by atoms with Crippen molar-refractivity contribution in [2.24, 2.45) is 5.92 Å². The molecule has 0 radical (unpaired) electrons. The van der Waals surface area contributed by atoms with Crippen molar-refractivity contribution in [1.29, 1.82) is 0 Å². The number of pyridine rings is 1. The molecule has 0 saturated carbocycles. The van der Waals surface area contributed by atoms with Gasteiger partial charge in [0.15, 0.2) is 0 Å². The van der Waals surface area contributed by atoms with Gasteiger partial charge in [-0.05, 0) is 56.0 Å². The molecule has 122 valence electrons. The number of hydrogen-bond acceptors (Lipinski definition) is 2. The van der Waals surface area contributed by atoms with Crippen LogP contribution in [-0.4, -0.2) is 15.3 Å². The summed E-state index contributed by atoms with van der Waals surface area (Å²) in [4.78, 5) is 17.4. The van der Waals surface area contributed by atoms with E-state index in [0.29, 0.717) is 0 Å². The molecule has 0 saturated heterocycles. The quantitative estimate of drug-likeness (QED) is 0.783. The lowest BCUT2D eigenvalue weighted by molar-refractivity contribution is -0.120. The molecular weight excluding hydrogens is 298 g/mol. The maximum absolute atomic E-state index is 12.7. The standard InChI is InChI=1S/C20H21N3O/c1-13-9-10-23-18-12-15(7-8-17(18)21-19(23)11-13)20(24)22-16-6-4-3-5-14(16)2/h3-6,9-11,15H,7-8,12H2,1-2H3,(H,22,24). The van der Waals surface area contributed by atoms with Gasteiger partial charge in [0.25, 0.3) is 0 Å². The number of imidazole rings is 1. The van der Waals surface area contributed by atoms with E-state index in [-0.39, 0.29) is 11.8 Å². The van der Waals surface area contributed by atoms with Crippen LogP contribution in [0.25, 0.3) is 5.65 Å². The predicted octanol–water partition coefficient (Wildman–Crippen LogP) is 3.69. The van der Waals surface area contributed by atoms with Crippen molar-refractivity contribution in [3.05, 3.63) is 65.1 Å². The zero-order valence-corrected chi connectivity index (χ0v) is 14.0. The molecule has 4 heteroatoms. The van der Waals surface area contributed by atoms with Crippen LogP contribution in [0.3, 0.4) is 0 Å². The molecule has 1 aliphatic rings. The van der Waals surface area contributed by atoms with Gasteiger partial charge in [0.2, 0.25) is 5.91 Å². The molecule has 1 amide bonds. The molecule has 0 fully saturated rings. The van der Waals surface area contributed by atoms with Gasteiger partial charge < -0.3 is 9.72 Å².